The first-order chi connectivity index (χ1) is 10.7. The van der Waals surface area contributed by atoms with Gasteiger partial charge in [-0.3, -0.25) is 0 Å². The molecule has 0 aliphatic heterocycles. The summed E-state index contributed by atoms with van der Waals surface area (Å²) in [6.07, 6.45) is -2.31. The zero-order chi connectivity index (χ0) is 17.6. The molecule has 23 heavy (non-hydrogen) atoms. The van der Waals surface area contributed by atoms with Crippen molar-refractivity contribution in [2.24, 2.45) is 0 Å². The second-order valence-electron chi connectivity index (χ2n) is 4.54. The Morgan fingerprint density at radius 3 is 2.35 bits per heavy atom. The number of halogens is 3. The predicted octanol–water partition coefficient (Wildman–Crippen LogP) is 3.63. The highest BCUT2D eigenvalue weighted by Crippen LogP contribution is 2.35. The lowest BCUT2D eigenvalue weighted by molar-refractivity contribution is -0.138. The number of aryl methyl sites for hydroxylation is 1. The van der Waals surface area contributed by atoms with Crippen molar-refractivity contribution >= 4 is 18.0 Å². The molecule has 126 valence electrons. The van der Waals surface area contributed by atoms with Crippen LogP contribution in [0.4, 0.5) is 13.2 Å². The fraction of sp³-hybridized carbons (Fsp3) is 0.375. The Balaban J connectivity index is 3.59. The van der Waals surface area contributed by atoms with Crippen LogP contribution >= 0.6 is 0 Å². The lowest BCUT2D eigenvalue weighted by Gasteiger charge is -2.16. The first-order valence-electron chi connectivity index (χ1n) is 6.91. The van der Waals surface area contributed by atoms with E-state index >= 15 is 0 Å². The van der Waals surface area contributed by atoms with Crippen LogP contribution in [-0.2, 0) is 26.9 Å². The molecule has 0 atom stereocenters. The number of rotatable bonds is 5. The van der Waals surface area contributed by atoms with Crippen molar-refractivity contribution in [1.82, 2.24) is 0 Å². The minimum atomic E-state index is -4.72. The topological polar surface area (TPSA) is 52.6 Å². The van der Waals surface area contributed by atoms with Crippen molar-refractivity contribution in [3.05, 3.63) is 40.5 Å². The van der Waals surface area contributed by atoms with E-state index in [0.29, 0.717) is 12.0 Å². The summed E-state index contributed by atoms with van der Waals surface area (Å²) in [4.78, 5) is 23.2. The summed E-state index contributed by atoms with van der Waals surface area (Å²) in [6.45, 7) is 3.12. The number of alkyl halides is 3. The molecule has 0 heterocycles. The molecule has 1 aromatic rings. The smallest absolute Gasteiger partial charge is 0.417 e. The molecule has 0 saturated carbocycles. The second-order valence-corrected chi connectivity index (χ2v) is 4.54. The molecule has 0 N–H and O–H groups in total. The Morgan fingerprint density at radius 1 is 1.22 bits per heavy atom. The van der Waals surface area contributed by atoms with Gasteiger partial charge in [0.2, 0.25) is 0 Å². The van der Waals surface area contributed by atoms with E-state index in [0.717, 1.165) is 25.3 Å². The van der Waals surface area contributed by atoms with Gasteiger partial charge in [0.15, 0.2) is 0 Å². The van der Waals surface area contributed by atoms with Gasteiger partial charge in [0.05, 0.1) is 24.8 Å². The average molecular weight is 330 g/mol. The fourth-order valence-electron chi connectivity index (χ4n) is 1.94. The van der Waals surface area contributed by atoms with Gasteiger partial charge in [-0.2, -0.15) is 13.2 Å². The number of carbonyl (C=O) groups excluding carboxylic acids is 2. The van der Waals surface area contributed by atoms with Gasteiger partial charge in [0, 0.05) is 6.08 Å². The Morgan fingerprint density at radius 2 is 1.87 bits per heavy atom. The molecule has 0 aromatic heterocycles. The predicted molar refractivity (Wildman–Crippen MR) is 77.8 cm³/mol. The quantitative estimate of drug-likeness (QED) is 0.611. The monoisotopic (exact) mass is 330 g/mol. The normalized spacial score (nSPS) is 11.6. The van der Waals surface area contributed by atoms with E-state index in [-0.39, 0.29) is 12.2 Å². The second kappa shape index (κ2) is 7.80. The van der Waals surface area contributed by atoms with Gasteiger partial charge in [-0.25, -0.2) is 9.59 Å². The summed E-state index contributed by atoms with van der Waals surface area (Å²) in [5.74, 6) is -1.83. The standard InChI is InChI=1S/C16H17F3O4/c1-4-10-8-11(6-7-13(20)22-3)14(15(21)23-5-2)12(9-10)16(17,18)19/h6-9H,4-5H2,1-3H3/b7-6+. The molecule has 1 rings (SSSR count). The number of benzene rings is 1. The van der Waals surface area contributed by atoms with Gasteiger partial charge in [-0.15, -0.1) is 0 Å². The number of hydrogen-bond donors (Lipinski definition) is 0. The lowest BCUT2D eigenvalue weighted by Crippen LogP contribution is -2.17. The number of carbonyl (C=O) groups is 2. The zero-order valence-electron chi connectivity index (χ0n) is 13.0. The molecule has 0 unspecified atom stereocenters. The zero-order valence-corrected chi connectivity index (χ0v) is 13.0. The third kappa shape index (κ3) is 4.84. The first kappa shape index (κ1) is 18.7. The van der Waals surface area contributed by atoms with E-state index in [4.69, 9.17) is 4.74 Å². The van der Waals surface area contributed by atoms with Crippen LogP contribution in [0.3, 0.4) is 0 Å². The molecule has 0 aliphatic rings. The highest BCUT2D eigenvalue weighted by Gasteiger charge is 2.37. The Hall–Kier alpha value is -2.31. The van der Waals surface area contributed by atoms with E-state index < -0.39 is 29.2 Å². The molecule has 0 radical (unpaired) electrons. The summed E-state index contributed by atoms with van der Waals surface area (Å²) in [6, 6.07) is 2.34. The van der Waals surface area contributed by atoms with Gasteiger partial charge < -0.3 is 9.47 Å². The fourth-order valence-corrected chi connectivity index (χ4v) is 1.94. The van der Waals surface area contributed by atoms with Crippen LogP contribution in [-0.4, -0.2) is 25.7 Å². The van der Waals surface area contributed by atoms with Gasteiger partial charge >= 0.3 is 18.1 Å². The van der Waals surface area contributed by atoms with Crippen molar-refractivity contribution in [3.8, 4) is 0 Å². The SMILES string of the molecule is CCOC(=O)c1c(/C=C/C(=O)OC)cc(CC)cc1C(F)(F)F. The van der Waals surface area contributed by atoms with Crippen LogP contribution in [0.5, 0.6) is 0 Å². The Labute approximate surface area is 131 Å². The molecule has 0 aliphatic carbocycles. The molecule has 0 fully saturated rings. The highest BCUT2D eigenvalue weighted by molar-refractivity contribution is 5.97. The number of ether oxygens (including phenoxy) is 2. The summed E-state index contributed by atoms with van der Waals surface area (Å²) in [5, 5.41) is 0. The maximum Gasteiger partial charge on any atom is 0.417 e. The van der Waals surface area contributed by atoms with Gasteiger partial charge in [-0.05, 0) is 36.6 Å². The number of hydrogen-bond acceptors (Lipinski definition) is 4. The van der Waals surface area contributed by atoms with E-state index in [2.05, 4.69) is 4.74 Å². The first-order valence-corrected chi connectivity index (χ1v) is 6.91. The lowest BCUT2D eigenvalue weighted by atomic mass is 9.95. The van der Waals surface area contributed by atoms with Gasteiger partial charge in [0.25, 0.3) is 0 Å². The van der Waals surface area contributed by atoms with E-state index in [1.54, 1.807) is 6.92 Å². The molecule has 7 heteroatoms. The minimum absolute atomic E-state index is 0.0412. The average Bonchev–Trinajstić information content (AvgIpc) is 2.50. The summed E-state index contributed by atoms with van der Waals surface area (Å²) in [5.41, 5.74) is -1.35. The van der Waals surface area contributed by atoms with Gasteiger partial charge in [0.1, 0.15) is 0 Å². The van der Waals surface area contributed by atoms with Crippen LogP contribution in [0.1, 0.15) is 40.9 Å². The Bertz CT molecular complexity index is 618. The summed E-state index contributed by atoms with van der Waals surface area (Å²) < 4.78 is 49.0. The van der Waals surface area contributed by atoms with Crippen LogP contribution in [0, 0.1) is 0 Å². The molecule has 1 aromatic carbocycles. The molecule has 0 amide bonds. The largest absolute Gasteiger partial charge is 0.466 e. The summed E-state index contributed by atoms with van der Waals surface area (Å²) >= 11 is 0. The van der Waals surface area contributed by atoms with E-state index in [9.17, 15) is 22.8 Å². The number of esters is 2. The molecule has 0 saturated heterocycles. The van der Waals surface area contributed by atoms with E-state index in [1.165, 1.54) is 13.0 Å². The van der Waals surface area contributed by atoms with Crippen molar-refractivity contribution in [3.63, 3.8) is 0 Å². The van der Waals surface area contributed by atoms with Crippen LogP contribution < -0.4 is 0 Å². The van der Waals surface area contributed by atoms with Crippen molar-refractivity contribution in [1.29, 1.82) is 0 Å². The van der Waals surface area contributed by atoms with Crippen molar-refractivity contribution in [2.45, 2.75) is 26.4 Å². The van der Waals surface area contributed by atoms with Crippen LogP contribution in [0.15, 0.2) is 18.2 Å². The molecule has 4 nitrogen and oxygen atoms in total. The van der Waals surface area contributed by atoms with Crippen molar-refractivity contribution in [2.75, 3.05) is 13.7 Å². The number of methoxy groups -OCH3 is 1. The Kier molecular flexibility index (Phi) is 6.36. The van der Waals surface area contributed by atoms with Gasteiger partial charge in [-0.1, -0.05) is 13.0 Å². The molecular formula is C16H17F3O4. The highest BCUT2D eigenvalue weighted by atomic mass is 19.4. The van der Waals surface area contributed by atoms with Crippen LogP contribution in [0.2, 0.25) is 0 Å². The third-order valence-corrected chi connectivity index (χ3v) is 3.02. The van der Waals surface area contributed by atoms with E-state index in [1.807, 2.05) is 0 Å². The molecular weight excluding hydrogens is 313 g/mol. The molecule has 0 spiro atoms. The summed E-state index contributed by atoms with van der Waals surface area (Å²) in [7, 11) is 1.14. The van der Waals surface area contributed by atoms with Crippen molar-refractivity contribution < 1.29 is 32.2 Å². The maximum absolute atomic E-state index is 13.3. The molecule has 0 bridgehead atoms. The third-order valence-electron chi connectivity index (χ3n) is 3.02. The maximum atomic E-state index is 13.3. The van der Waals surface area contributed by atoms with Crippen LogP contribution in [0.25, 0.3) is 6.08 Å². The minimum Gasteiger partial charge on any atom is -0.466 e.